The van der Waals surface area contributed by atoms with Crippen LogP contribution in [0.25, 0.3) is 0 Å². The van der Waals surface area contributed by atoms with Crippen LogP contribution in [0.15, 0.2) is 0 Å². The first-order valence-corrected chi connectivity index (χ1v) is 7.03. The van der Waals surface area contributed by atoms with E-state index in [1.54, 1.807) is 0 Å². The zero-order valence-corrected chi connectivity index (χ0v) is 11.5. The van der Waals surface area contributed by atoms with Crippen LogP contribution in [0, 0.1) is 0 Å². The average Bonchev–Trinajstić information content (AvgIpc) is 2.82. The highest BCUT2D eigenvalue weighted by Crippen LogP contribution is 2.33. The molecular weight excluding hydrogens is 304 g/mol. The summed E-state index contributed by atoms with van der Waals surface area (Å²) in [6.07, 6.45) is -12.1. The Labute approximate surface area is 125 Å². The van der Waals surface area contributed by atoms with Crippen LogP contribution in [0.4, 0.5) is 0 Å². The monoisotopic (exact) mass is 324 g/mol. The Bertz CT molecular complexity index is 392. The van der Waals surface area contributed by atoms with Crippen molar-refractivity contribution < 1.29 is 49.6 Å². The molecule has 0 aromatic carbocycles. The molecule has 22 heavy (non-hydrogen) atoms. The first-order chi connectivity index (χ1) is 10.4. The lowest BCUT2D eigenvalue weighted by Gasteiger charge is -2.43. The maximum atomic E-state index is 9.93. The number of hydrogen-bond donors (Lipinski definition) is 6. The van der Waals surface area contributed by atoms with Gasteiger partial charge in [0.15, 0.2) is 12.6 Å². The second-order valence-electron chi connectivity index (χ2n) is 5.65. The third-order valence-corrected chi connectivity index (χ3v) is 4.23. The summed E-state index contributed by atoms with van der Waals surface area (Å²) in [5.74, 6) is 0. The molecule has 3 saturated heterocycles. The number of hydrogen-bond acceptors (Lipinski definition) is 10. The summed E-state index contributed by atoms with van der Waals surface area (Å²) in [7, 11) is 0. The van der Waals surface area contributed by atoms with Gasteiger partial charge in [-0.05, 0) is 0 Å². The fourth-order valence-electron chi connectivity index (χ4n) is 2.94. The third-order valence-electron chi connectivity index (χ3n) is 4.23. The summed E-state index contributed by atoms with van der Waals surface area (Å²) in [4.78, 5) is 0. The van der Waals surface area contributed by atoms with Gasteiger partial charge in [-0.2, -0.15) is 0 Å². The second-order valence-corrected chi connectivity index (χ2v) is 5.65. The van der Waals surface area contributed by atoms with Crippen molar-refractivity contribution in [1.82, 2.24) is 0 Å². The number of fused-ring (bicyclic) bond motifs is 2. The van der Waals surface area contributed by atoms with Gasteiger partial charge in [0.1, 0.15) is 48.8 Å². The Balaban J connectivity index is 1.70. The number of ether oxygens (including phenoxy) is 4. The Morgan fingerprint density at radius 1 is 0.909 bits per heavy atom. The molecule has 0 spiro atoms. The summed E-state index contributed by atoms with van der Waals surface area (Å²) < 4.78 is 21.2. The van der Waals surface area contributed by atoms with Gasteiger partial charge in [0, 0.05) is 0 Å². The molecule has 3 rings (SSSR count). The van der Waals surface area contributed by atoms with Crippen molar-refractivity contribution in [3.8, 4) is 0 Å². The predicted octanol–water partition coefficient (Wildman–Crippen LogP) is -4.35. The first kappa shape index (κ1) is 16.5. The number of aliphatic hydroxyl groups is 6. The molecular formula is C12H20O10. The van der Waals surface area contributed by atoms with E-state index in [9.17, 15) is 25.5 Å². The molecule has 128 valence electrons. The van der Waals surface area contributed by atoms with Gasteiger partial charge in [-0.1, -0.05) is 0 Å². The van der Waals surface area contributed by atoms with Crippen molar-refractivity contribution in [2.24, 2.45) is 0 Å². The Kier molecular flexibility index (Phi) is 4.67. The van der Waals surface area contributed by atoms with Gasteiger partial charge in [0.2, 0.25) is 0 Å². The highest BCUT2D eigenvalue weighted by atomic mass is 16.7. The molecule has 3 aliphatic rings. The molecule has 3 aliphatic heterocycles. The van der Waals surface area contributed by atoms with E-state index in [1.165, 1.54) is 0 Å². The smallest absolute Gasteiger partial charge is 0.187 e. The molecule has 10 heteroatoms. The van der Waals surface area contributed by atoms with E-state index in [0.717, 1.165) is 0 Å². The molecule has 3 fully saturated rings. The molecule has 0 saturated carbocycles. The van der Waals surface area contributed by atoms with Crippen LogP contribution in [0.3, 0.4) is 0 Å². The van der Waals surface area contributed by atoms with Crippen molar-refractivity contribution in [2.75, 3.05) is 13.2 Å². The van der Waals surface area contributed by atoms with E-state index in [4.69, 9.17) is 24.1 Å². The Morgan fingerprint density at radius 3 is 2.32 bits per heavy atom. The summed E-state index contributed by atoms with van der Waals surface area (Å²) >= 11 is 0. The van der Waals surface area contributed by atoms with E-state index in [2.05, 4.69) is 0 Å². The van der Waals surface area contributed by atoms with Crippen LogP contribution in [0.2, 0.25) is 0 Å². The van der Waals surface area contributed by atoms with Gasteiger partial charge in [0.25, 0.3) is 0 Å². The van der Waals surface area contributed by atoms with Crippen molar-refractivity contribution in [2.45, 2.75) is 61.4 Å². The summed E-state index contributed by atoms with van der Waals surface area (Å²) in [6.45, 7) is -0.489. The molecule has 0 amide bonds. The normalized spacial score (nSPS) is 55.4. The van der Waals surface area contributed by atoms with Crippen LogP contribution in [-0.2, 0) is 18.9 Å². The highest BCUT2D eigenvalue weighted by molar-refractivity contribution is 4.97. The van der Waals surface area contributed by atoms with Gasteiger partial charge in [0.05, 0.1) is 13.2 Å². The van der Waals surface area contributed by atoms with Crippen LogP contribution in [0.5, 0.6) is 0 Å². The van der Waals surface area contributed by atoms with Crippen LogP contribution in [-0.4, -0.2) is 105 Å². The Morgan fingerprint density at radius 2 is 1.64 bits per heavy atom. The molecule has 0 aromatic rings. The minimum Gasteiger partial charge on any atom is -0.394 e. The highest BCUT2D eigenvalue weighted by Gasteiger charge is 2.54. The van der Waals surface area contributed by atoms with Crippen molar-refractivity contribution >= 4 is 0 Å². The fourth-order valence-corrected chi connectivity index (χ4v) is 2.94. The zero-order chi connectivity index (χ0) is 16.0. The Hall–Kier alpha value is -0.400. The quantitative estimate of drug-likeness (QED) is 0.299. The lowest BCUT2D eigenvalue weighted by Crippen LogP contribution is -2.62. The molecule has 2 bridgehead atoms. The largest absolute Gasteiger partial charge is 0.394 e. The SMILES string of the molecule is OCC1OC(OC2C3COC2C(O)C(O)O3)C(O)C(O)C1O. The second kappa shape index (κ2) is 6.24. The summed E-state index contributed by atoms with van der Waals surface area (Å²) in [5, 5.41) is 57.8. The molecule has 0 radical (unpaired) electrons. The molecule has 0 aliphatic carbocycles. The topological polar surface area (TPSA) is 158 Å². The molecule has 10 unspecified atom stereocenters. The lowest BCUT2D eigenvalue weighted by atomic mass is 9.98. The van der Waals surface area contributed by atoms with Gasteiger partial charge in [-0.3, -0.25) is 0 Å². The molecule has 3 heterocycles. The molecule has 0 aromatic heterocycles. The molecule has 10 nitrogen and oxygen atoms in total. The maximum absolute atomic E-state index is 9.93. The minimum absolute atomic E-state index is 0.0842. The number of rotatable bonds is 3. The summed E-state index contributed by atoms with van der Waals surface area (Å²) in [6, 6.07) is 0. The standard InChI is InChI=1S/C12H20O10/c13-1-3-5(14)6(15)7(16)12(21-3)22-9-4-2-19-10(9)8(17)11(18)20-4/h3-18H,1-2H2. The van der Waals surface area contributed by atoms with Gasteiger partial charge < -0.3 is 49.6 Å². The van der Waals surface area contributed by atoms with Gasteiger partial charge in [-0.25, -0.2) is 0 Å². The van der Waals surface area contributed by atoms with Gasteiger partial charge >= 0.3 is 0 Å². The van der Waals surface area contributed by atoms with Crippen molar-refractivity contribution in [1.29, 1.82) is 0 Å². The molecule has 10 atom stereocenters. The average molecular weight is 324 g/mol. The maximum Gasteiger partial charge on any atom is 0.187 e. The van der Waals surface area contributed by atoms with Crippen LogP contribution in [0.1, 0.15) is 0 Å². The zero-order valence-electron chi connectivity index (χ0n) is 11.5. The number of aliphatic hydroxyl groups excluding tert-OH is 6. The van der Waals surface area contributed by atoms with Gasteiger partial charge in [-0.15, -0.1) is 0 Å². The first-order valence-electron chi connectivity index (χ1n) is 7.03. The van der Waals surface area contributed by atoms with Crippen molar-refractivity contribution in [3.05, 3.63) is 0 Å². The van der Waals surface area contributed by atoms with Crippen molar-refractivity contribution in [3.63, 3.8) is 0 Å². The predicted molar refractivity (Wildman–Crippen MR) is 65.3 cm³/mol. The van der Waals surface area contributed by atoms with E-state index >= 15 is 0 Å². The van der Waals surface area contributed by atoms with E-state index in [-0.39, 0.29) is 6.61 Å². The van der Waals surface area contributed by atoms with E-state index < -0.39 is 68.0 Å². The molecule has 6 N–H and O–H groups in total. The van der Waals surface area contributed by atoms with E-state index in [1.807, 2.05) is 0 Å². The van der Waals surface area contributed by atoms with Crippen LogP contribution >= 0.6 is 0 Å². The summed E-state index contributed by atoms with van der Waals surface area (Å²) in [5.41, 5.74) is 0. The van der Waals surface area contributed by atoms with E-state index in [0.29, 0.717) is 0 Å². The minimum atomic E-state index is -1.56. The lowest BCUT2D eigenvalue weighted by molar-refractivity contribution is -0.336. The van der Waals surface area contributed by atoms with Crippen LogP contribution < -0.4 is 0 Å². The third kappa shape index (κ3) is 2.65. The fraction of sp³-hybridized carbons (Fsp3) is 1.00.